The van der Waals surface area contributed by atoms with Gasteiger partial charge in [-0.25, -0.2) is 9.67 Å². The number of hydrogen-bond donors (Lipinski definition) is 1. The van der Waals surface area contributed by atoms with E-state index in [2.05, 4.69) is 10.1 Å². The Morgan fingerprint density at radius 2 is 2.15 bits per heavy atom. The van der Waals surface area contributed by atoms with Crippen LogP contribution in [0.15, 0.2) is 30.9 Å². The molecular weight excluding hydrogens is 297 g/mol. The monoisotopic (exact) mass is 311 g/mol. The average Bonchev–Trinajstić information content (AvgIpc) is 2.96. The summed E-state index contributed by atoms with van der Waals surface area (Å²) in [6.07, 6.45) is 6.59. The molecule has 0 saturated heterocycles. The molecule has 20 heavy (non-hydrogen) atoms. The molecule has 1 saturated carbocycles. The fourth-order valence-corrected chi connectivity index (χ4v) is 3.46. The number of benzene rings is 1. The van der Waals surface area contributed by atoms with Crippen LogP contribution in [0.25, 0.3) is 0 Å². The third kappa shape index (κ3) is 2.32. The van der Waals surface area contributed by atoms with Crippen molar-refractivity contribution in [1.82, 2.24) is 14.8 Å². The van der Waals surface area contributed by atoms with E-state index in [1.54, 1.807) is 29.2 Å². The minimum Gasteiger partial charge on any atom is -0.383 e. The van der Waals surface area contributed by atoms with Gasteiger partial charge in [0.25, 0.3) is 0 Å². The molecule has 1 fully saturated rings. The maximum atomic E-state index is 11.2. The Morgan fingerprint density at radius 3 is 2.90 bits per heavy atom. The number of rotatable bonds is 2. The molecule has 6 heteroatoms. The van der Waals surface area contributed by atoms with Crippen molar-refractivity contribution >= 4 is 23.2 Å². The van der Waals surface area contributed by atoms with Crippen LogP contribution in [0, 0.1) is 0 Å². The lowest BCUT2D eigenvalue weighted by atomic mass is 9.75. The van der Waals surface area contributed by atoms with Gasteiger partial charge in [0.15, 0.2) is 0 Å². The molecule has 4 nitrogen and oxygen atoms in total. The molecule has 3 rings (SSSR count). The Hall–Kier alpha value is -1.10. The van der Waals surface area contributed by atoms with E-state index in [4.69, 9.17) is 23.2 Å². The summed E-state index contributed by atoms with van der Waals surface area (Å²) in [5, 5.41) is 16.5. The number of aliphatic hydroxyl groups is 1. The van der Waals surface area contributed by atoms with Gasteiger partial charge in [-0.3, -0.25) is 0 Å². The SMILES string of the molecule is O[C@]1(c2cc(Cl)ccc2Cl)CCCC[C@@H]1n1cncn1. The Bertz CT molecular complexity index is 602. The first-order valence-electron chi connectivity index (χ1n) is 6.63. The third-order valence-electron chi connectivity index (χ3n) is 3.99. The zero-order valence-corrected chi connectivity index (χ0v) is 12.3. The quantitative estimate of drug-likeness (QED) is 0.922. The summed E-state index contributed by atoms with van der Waals surface area (Å²) in [5.74, 6) is 0. The highest BCUT2D eigenvalue weighted by atomic mass is 35.5. The summed E-state index contributed by atoms with van der Waals surface area (Å²) in [6, 6.07) is 5.03. The summed E-state index contributed by atoms with van der Waals surface area (Å²) in [4.78, 5) is 3.98. The van der Waals surface area contributed by atoms with Gasteiger partial charge in [0, 0.05) is 15.6 Å². The van der Waals surface area contributed by atoms with Crippen molar-refractivity contribution in [2.75, 3.05) is 0 Å². The molecule has 1 aliphatic rings. The van der Waals surface area contributed by atoms with E-state index in [-0.39, 0.29) is 6.04 Å². The van der Waals surface area contributed by atoms with Crippen LogP contribution in [0.2, 0.25) is 10.0 Å². The Morgan fingerprint density at radius 1 is 1.30 bits per heavy atom. The first-order valence-corrected chi connectivity index (χ1v) is 7.39. The summed E-state index contributed by atoms with van der Waals surface area (Å²) < 4.78 is 1.72. The predicted molar refractivity (Wildman–Crippen MR) is 77.9 cm³/mol. The zero-order valence-electron chi connectivity index (χ0n) is 10.8. The minimum absolute atomic E-state index is 0.172. The molecule has 2 aromatic rings. The number of aromatic nitrogens is 3. The van der Waals surface area contributed by atoms with Crippen LogP contribution < -0.4 is 0 Å². The highest BCUT2D eigenvalue weighted by Crippen LogP contribution is 2.46. The molecule has 0 amide bonds. The van der Waals surface area contributed by atoms with Crippen LogP contribution in [-0.4, -0.2) is 19.9 Å². The van der Waals surface area contributed by atoms with E-state index in [9.17, 15) is 5.11 Å². The maximum absolute atomic E-state index is 11.2. The van der Waals surface area contributed by atoms with E-state index in [0.717, 1.165) is 19.3 Å². The van der Waals surface area contributed by atoms with Gasteiger partial charge >= 0.3 is 0 Å². The summed E-state index contributed by atoms with van der Waals surface area (Å²) >= 11 is 12.3. The normalized spacial score (nSPS) is 26.6. The number of nitrogens with zero attached hydrogens (tertiary/aromatic N) is 3. The second-order valence-electron chi connectivity index (χ2n) is 5.19. The standard InChI is InChI=1S/C14H15Cl2N3O/c15-10-4-5-12(16)11(7-10)14(20)6-2-1-3-13(14)19-9-17-8-18-19/h4-5,7-9,13,20H,1-3,6H2/t13-,14-/m0/s1. The molecule has 106 valence electrons. The molecule has 1 aromatic heterocycles. The van der Waals surface area contributed by atoms with Gasteiger partial charge in [0.05, 0.1) is 6.04 Å². The van der Waals surface area contributed by atoms with Crippen molar-refractivity contribution < 1.29 is 5.11 Å². The van der Waals surface area contributed by atoms with Gasteiger partial charge in [-0.05, 0) is 31.0 Å². The molecule has 0 bridgehead atoms. The minimum atomic E-state index is -1.06. The van der Waals surface area contributed by atoms with Crippen molar-refractivity contribution in [2.24, 2.45) is 0 Å². The average molecular weight is 312 g/mol. The highest BCUT2D eigenvalue weighted by Gasteiger charge is 2.43. The van der Waals surface area contributed by atoms with Gasteiger partial charge in [-0.15, -0.1) is 0 Å². The summed E-state index contributed by atoms with van der Waals surface area (Å²) in [7, 11) is 0. The van der Waals surface area contributed by atoms with Crippen molar-refractivity contribution in [3.8, 4) is 0 Å². The predicted octanol–water partition coefficient (Wildman–Crippen LogP) is 3.59. The van der Waals surface area contributed by atoms with E-state index in [0.29, 0.717) is 22.0 Å². The van der Waals surface area contributed by atoms with Crippen LogP contribution >= 0.6 is 23.2 Å². The first kappa shape index (κ1) is 13.9. The van der Waals surface area contributed by atoms with Crippen molar-refractivity contribution in [3.63, 3.8) is 0 Å². The first-order chi connectivity index (χ1) is 9.61. The number of halogens is 2. The maximum Gasteiger partial charge on any atom is 0.137 e. The van der Waals surface area contributed by atoms with E-state index >= 15 is 0 Å². The Balaban J connectivity index is 2.09. The molecule has 1 aliphatic carbocycles. The smallest absolute Gasteiger partial charge is 0.137 e. The van der Waals surface area contributed by atoms with Crippen LogP contribution in [-0.2, 0) is 5.60 Å². The van der Waals surface area contributed by atoms with Crippen LogP contribution in [0.3, 0.4) is 0 Å². The lowest BCUT2D eigenvalue weighted by Crippen LogP contribution is -2.40. The summed E-state index contributed by atoms with van der Waals surface area (Å²) in [6.45, 7) is 0. The second kappa shape index (κ2) is 5.35. The third-order valence-corrected chi connectivity index (χ3v) is 4.55. The van der Waals surface area contributed by atoms with Crippen molar-refractivity contribution in [1.29, 1.82) is 0 Å². The van der Waals surface area contributed by atoms with Gasteiger partial charge < -0.3 is 5.11 Å². The van der Waals surface area contributed by atoms with Crippen LogP contribution in [0.5, 0.6) is 0 Å². The van der Waals surface area contributed by atoms with Gasteiger partial charge in [-0.1, -0.05) is 36.0 Å². The fourth-order valence-electron chi connectivity index (χ4n) is 3.01. The van der Waals surface area contributed by atoms with E-state index in [1.165, 1.54) is 6.33 Å². The molecule has 0 unspecified atom stereocenters. The Labute approximate surface area is 127 Å². The largest absolute Gasteiger partial charge is 0.383 e. The molecule has 0 radical (unpaired) electrons. The Kier molecular flexibility index (Phi) is 3.71. The van der Waals surface area contributed by atoms with Gasteiger partial charge in [-0.2, -0.15) is 5.10 Å². The van der Waals surface area contributed by atoms with E-state index in [1.807, 2.05) is 0 Å². The lowest BCUT2D eigenvalue weighted by molar-refractivity contribution is -0.0515. The second-order valence-corrected chi connectivity index (χ2v) is 6.03. The van der Waals surface area contributed by atoms with Gasteiger partial charge in [0.2, 0.25) is 0 Å². The molecule has 1 N–H and O–H groups in total. The van der Waals surface area contributed by atoms with Crippen molar-refractivity contribution in [2.45, 2.75) is 37.3 Å². The van der Waals surface area contributed by atoms with Crippen molar-refractivity contribution in [3.05, 3.63) is 46.5 Å². The molecule has 0 spiro atoms. The molecule has 1 aromatic carbocycles. The van der Waals surface area contributed by atoms with Crippen LogP contribution in [0.1, 0.15) is 37.3 Å². The molecular formula is C14H15Cl2N3O. The zero-order chi connectivity index (χ0) is 14.2. The van der Waals surface area contributed by atoms with Crippen LogP contribution in [0.4, 0.5) is 0 Å². The number of hydrogen-bond acceptors (Lipinski definition) is 3. The lowest BCUT2D eigenvalue weighted by Gasteiger charge is -2.40. The molecule has 1 heterocycles. The molecule has 0 aliphatic heterocycles. The van der Waals surface area contributed by atoms with E-state index < -0.39 is 5.60 Å². The summed E-state index contributed by atoms with van der Waals surface area (Å²) in [5.41, 5.74) is -0.389. The van der Waals surface area contributed by atoms with Gasteiger partial charge in [0.1, 0.15) is 18.3 Å². The topological polar surface area (TPSA) is 50.9 Å². The highest BCUT2D eigenvalue weighted by molar-refractivity contribution is 6.33. The molecule has 2 atom stereocenters. The fraction of sp³-hybridized carbons (Fsp3) is 0.429.